The summed E-state index contributed by atoms with van der Waals surface area (Å²) in [5.74, 6) is 10.9. The number of Topliss-reactive ketones (excluding diaryl/α,β-unsaturated/α-hetero) is 1. The van der Waals surface area contributed by atoms with Gasteiger partial charge in [-0.25, -0.2) is 0 Å². The van der Waals surface area contributed by atoms with Crippen molar-refractivity contribution >= 4 is 49.9 Å². The summed E-state index contributed by atoms with van der Waals surface area (Å²) in [5.41, 5.74) is 0. The van der Waals surface area contributed by atoms with Gasteiger partial charge in [-0.3, -0.25) is 24.0 Å². The number of hydrogen-bond donors (Lipinski definition) is 0. The first-order valence-corrected chi connectivity index (χ1v) is 19.3. The van der Waals surface area contributed by atoms with Crippen LogP contribution in [0.1, 0.15) is 90.0 Å². The zero-order chi connectivity index (χ0) is 41.9. The first kappa shape index (κ1) is 59.7. The van der Waals surface area contributed by atoms with Crippen LogP contribution in [-0.4, -0.2) is 85.2 Å². The van der Waals surface area contributed by atoms with Crippen molar-refractivity contribution in [1.29, 1.82) is 0 Å². The van der Waals surface area contributed by atoms with Crippen LogP contribution in [-0.2, 0) is 28.7 Å². The molecule has 0 aromatic heterocycles. The molecule has 0 radical (unpaired) electrons. The molecule has 0 aromatic carbocycles. The fourth-order valence-corrected chi connectivity index (χ4v) is 2.36. The zero-order valence-corrected chi connectivity index (χ0v) is 36.0. The number of hydrogen-bond acceptors (Lipinski definition) is 7. The second kappa shape index (κ2) is 37.9. The minimum Gasteiger partial charge on any atom is -0.381 e. The lowest BCUT2D eigenvalue weighted by atomic mass is 10.1. The van der Waals surface area contributed by atoms with Gasteiger partial charge in [-0.1, -0.05) is 126 Å². The van der Waals surface area contributed by atoms with Crippen molar-refractivity contribution in [3.63, 3.8) is 0 Å². The Bertz CT molecular complexity index is 1220. The Labute approximate surface area is 315 Å². The highest BCUT2D eigenvalue weighted by molar-refractivity contribution is 8.30. The molecule has 0 N–H and O–H groups in total. The molecule has 8 heteroatoms. The van der Waals surface area contributed by atoms with Crippen LogP contribution in [0.4, 0.5) is 0 Å². The average Bonchev–Trinajstić information content (AvgIpc) is 3.04. The Kier molecular flexibility index (Phi) is 44.4. The normalized spacial score (nSPS) is 10.7. The molecule has 51 heavy (non-hydrogen) atoms. The number of methoxy groups -OCH3 is 1. The van der Waals surface area contributed by atoms with E-state index in [4.69, 9.17) is 11.2 Å². The molecule has 0 saturated heterocycles. The van der Waals surface area contributed by atoms with Crippen molar-refractivity contribution in [3.8, 4) is 12.3 Å². The highest BCUT2D eigenvalue weighted by Gasteiger charge is 2.02. The maximum absolute atomic E-state index is 11.0. The molecule has 0 aliphatic carbocycles. The summed E-state index contributed by atoms with van der Waals surface area (Å²) in [6, 6.07) is 0. The summed E-state index contributed by atoms with van der Waals surface area (Å²) in [6.07, 6.45) is 16.3. The fourth-order valence-electron chi connectivity index (χ4n) is 1.98. The van der Waals surface area contributed by atoms with Gasteiger partial charge in [-0.2, -0.15) is 9.21 Å². The number of ether oxygens (including phenoxy) is 1. The molecule has 0 amide bonds. The Hall–Kier alpha value is -3.38. The number of carbonyl (C=O) groups is 5. The molecule has 0 saturated carbocycles. The molecule has 294 valence electrons. The first-order chi connectivity index (χ1) is 23.3. The van der Waals surface area contributed by atoms with Gasteiger partial charge in [-0.15, -0.1) is 6.42 Å². The highest BCUT2D eigenvalue weighted by Crippen LogP contribution is 2.25. The molecule has 0 unspecified atom stereocenters. The Morgan fingerprint density at radius 2 is 1.06 bits per heavy atom. The number of likely N-dealkylation sites (N-methyl/N-ethyl adjacent to an activating group) is 1. The lowest BCUT2D eigenvalue weighted by Gasteiger charge is -2.11. The van der Waals surface area contributed by atoms with Gasteiger partial charge in [0.05, 0.1) is 6.61 Å². The largest absolute Gasteiger partial charge is 0.381 e. The summed E-state index contributed by atoms with van der Waals surface area (Å²) in [5, 5.41) is 2.43. The van der Waals surface area contributed by atoms with Crippen LogP contribution < -0.4 is 0 Å². The molecule has 0 atom stereocenters. The second-order valence-electron chi connectivity index (χ2n) is 13.3. The molecule has 0 aliphatic rings. The summed E-state index contributed by atoms with van der Waals surface area (Å²) >= 11 is 0. The third-order valence-electron chi connectivity index (χ3n) is 6.04. The number of nitrogens with zero attached hydrogens (tertiary/aromatic N) is 1. The SMILES string of the molecule is C#CC(=O)C(C)C.C/C=C/C(=O)C(C)C.C=CC(=O)C(C)C.C=CS(=C)(=C)C(C)C.CC(C)C(=O)/C=C/CN(C)C.COC/C=C/C(=O)C(C)C. The van der Waals surface area contributed by atoms with Crippen LogP contribution >= 0.6 is 9.21 Å². The van der Waals surface area contributed by atoms with Crippen molar-refractivity contribution in [2.45, 2.75) is 95.3 Å². The predicted octanol–water partition coefficient (Wildman–Crippen LogP) is 8.98. The van der Waals surface area contributed by atoms with Gasteiger partial charge >= 0.3 is 0 Å². The topological polar surface area (TPSA) is 97.8 Å². The second-order valence-corrected chi connectivity index (χ2v) is 16.6. The third-order valence-corrected chi connectivity index (χ3v) is 8.58. The molecule has 0 rings (SSSR count). The van der Waals surface area contributed by atoms with Crippen molar-refractivity contribution in [1.82, 2.24) is 4.90 Å². The van der Waals surface area contributed by atoms with Crippen molar-refractivity contribution in [3.05, 3.63) is 61.1 Å². The molecular weight excluding hydrogens is 659 g/mol. The summed E-state index contributed by atoms with van der Waals surface area (Å²) in [7, 11) is 4.58. The van der Waals surface area contributed by atoms with Gasteiger partial charge in [0.25, 0.3) is 0 Å². The molecule has 0 fully saturated rings. The number of carbonyl (C=O) groups excluding carboxylic acids is 5. The number of allylic oxidation sites excluding steroid dienone is 5. The van der Waals surface area contributed by atoms with Crippen molar-refractivity contribution in [2.75, 3.05) is 34.4 Å². The lowest BCUT2D eigenvalue weighted by Crippen LogP contribution is -2.11. The van der Waals surface area contributed by atoms with E-state index < -0.39 is 9.21 Å². The van der Waals surface area contributed by atoms with Crippen LogP contribution in [0.3, 0.4) is 0 Å². The lowest BCUT2D eigenvalue weighted by molar-refractivity contribution is -0.118. The summed E-state index contributed by atoms with van der Waals surface area (Å²) < 4.78 is 4.73. The van der Waals surface area contributed by atoms with Crippen LogP contribution in [0.5, 0.6) is 0 Å². The Morgan fingerprint density at radius 3 is 1.22 bits per heavy atom. The molecule has 0 spiro atoms. The molecule has 0 aromatic rings. The van der Waals surface area contributed by atoms with E-state index in [0.717, 1.165) is 6.54 Å². The Balaban J connectivity index is -0.000000120. The number of rotatable bonds is 15. The van der Waals surface area contributed by atoms with E-state index in [1.165, 1.54) is 6.08 Å². The molecular formula is C43H75NO6S. The number of ketones is 5. The minimum absolute atomic E-state index is 0.00926. The summed E-state index contributed by atoms with van der Waals surface area (Å²) in [6.45, 7) is 33.0. The smallest absolute Gasteiger partial charge is 0.207 e. The maximum atomic E-state index is 11.0. The van der Waals surface area contributed by atoms with Gasteiger partial charge in [0.1, 0.15) is 0 Å². The highest BCUT2D eigenvalue weighted by atomic mass is 32.2. The molecule has 0 aliphatic heterocycles. The van der Waals surface area contributed by atoms with Crippen LogP contribution in [0.25, 0.3) is 0 Å². The average molecular weight is 734 g/mol. The maximum Gasteiger partial charge on any atom is 0.207 e. The summed E-state index contributed by atoms with van der Waals surface area (Å²) in [4.78, 5) is 55.2. The van der Waals surface area contributed by atoms with E-state index in [0.29, 0.717) is 11.9 Å². The van der Waals surface area contributed by atoms with Crippen molar-refractivity contribution < 1.29 is 28.7 Å². The fraction of sp³-hybridized carbons (Fsp3) is 0.558. The van der Waals surface area contributed by atoms with Gasteiger partial charge < -0.3 is 9.64 Å². The van der Waals surface area contributed by atoms with Gasteiger partial charge in [-0.05, 0) is 61.9 Å². The Morgan fingerprint density at radius 1 is 0.686 bits per heavy atom. The van der Waals surface area contributed by atoms with Crippen molar-refractivity contribution in [2.24, 2.45) is 29.6 Å². The van der Waals surface area contributed by atoms with Gasteiger partial charge in [0.2, 0.25) is 5.78 Å². The standard InChI is InChI=1S/C9H17NO.C8H14O2.C7H12O.C7H14S.C6H10O.C6H8O/c1-8(2)9(11)6-5-7-10(3)4;1-7(2)8(9)5-4-6-10-3;1-4-5-7(8)6(2)3;1-6-8(4,5)7(2)3;2*1-4-6(7)5(2)3/h5-6,8H,7H2,1-4H3;4-5,7H,6H2,1-3H3;4-6H,1-3H3;6-7H,1,4-5H2,2-3H3;4-5H,1H2,2-3H3;1,5H,2-3H3/b6-5+;2*5-4+;;;. The van der Waals surface area contributed by atoms with E-state index in [9.17, 15) is 24.0 Å². The third kappa shape index (κ3) is 48.8. The van der Waals surface area contributed by atoms with Gasteiger partial charge in [0.15, 0.2) is 23.1 Å². The van der Waals surface area contributed by atoms with E-state index >= 15 is 0 Å². The van der Waals surface area contributed by atoms with E-state index in [1.807, 2.05) is 98.7 Å². The van der Waals surface area contributed by atoms with E-state index in [2.05, 4.69) is 38.7 Å². The van der Waals surface area contributed by atoms with E-state index in [1.54, 1.807) is 51.3 Å². The molecule has 7 nitrogen and oxygen atoms in total. The minimum atomic E-state index is -0.972. The quantitative estimate of drug-likeness (QED) is 0.0717. The molecule has 0 bridgehead atoms. The van der Waals surface area contributed by atoms with E-state index in [-0.39, 0.29) is 58.5 Å². The van der Waals surface area contributed by atoms with Gasteiger partial charge in [0, 0.05) is 43.2 Å². The van der Waals surface area contributed by atoms with Crippen LogP contribution in [0.15, 0.2) is 61.1 Å². The number of terminal acetylenes is 1. The predicted molar refractivity (Wildman–Crippen MR) is 229 cm³/mol. The zero-order valence-electron chi connectivity index (χ0n) is 35.2. The first-order valence-electron chi connectivity index (χ1n) is 17.3. The van der Waals surface area contributed by atoms with Crippen LogP contribution in [0.2, 0.25) is 0 Å². The van der Waals surface area contributed by atoms with Crippen LogP contribution in [0, 0.1) is 41.9 Å². The molecule has 0 heterocycles. The monoisotopic (exact) mass is 734 g/mol.